The number of hydrogen-bond acceptors (Lipinski definition) is 5. The molecular formula is C23H16F3N3O3S. The topological polar surface area (TPSA) is 88.1 Å². The van der Waals surface area contributed by atoms with Crippen LogP contribution in [0.1, 0.15) is 39.4 Å². The van der Waals surface area contributed by atoms with E-state index in [1.54, 1.807) is 22.8 Å². The fraction of sp³-hybridized carbons (Fsp3) is 0.174. The highest BCUT2D eigenvalue weighted by molar-refractivity contribution is 7.16. The third kappa shape index (κ3) is 4.40. The van der Waals surface area contributed by atoms with E-state index in [9.17, 15) is 23.1 Å². The Balaban J connectivity index is 1.74. The van der Waals surface area contributed by atoms with Gasteiger partial charge in [0.15, 0.2) is 4.88 Å². The first-order chi connectivity index (χ1) is 15.7. The zero-order chi connectivity index (χ0) is 23.8. The second-order valence-corrected chi connectivity index (χ2v) is 8.23. The largest absolute Gasteiger partial charge is 0.484 e. The molecule has 0 unspecified atom stereocenters. The number of nitrogens with zero attached hydrogens (tertiary/aromatic N) is 3. The Morgan fingerprint density at radius 3 is 2.73 bits per heavy atom. The molecule has 0 aliphatic rings. The molecule has 2 aromatic carbocycles. The first kappa shape index (κ1) is 22.4. The standard InChI is InChI=1S/C23H16F3N3O3S/c1-13(15-4-2-3-5-16(15)23(24,25)26)32-19-11-20(33-21(19)22(30)31)29-12-28-17-7-6-14(8-9-27)10-18(17)29/h2-7,10-13H,8H2,1H3,(H,30,31)/t13-/m1/s1. The molecule has 6 nitrogen and oxygen atoms in total. The Labute approximate surface area is 190 Å². The Kier molecular flexibility index (Phi) is 5.82. The number of carboxylic acid groups (broad SMARTS) is 1. The summed E-state index contributed by atoms with van der Waals surface area (Å²) in [6, 6.07) is 13.9. The number of aromatic carboxylic acids is 1. The maximum Gasteiger partial charge on any atom is 0.416 e. The lowest BCUT2D eigenvalue weighted by Gasteiger charge is -2.19. The highest BCUT2D eigenvalue weighted by Gasteiger charge is 2.35. The Hall–Kier alpha value is -3.84. The molecule has 1 atom stereocenters. The van der Waals surface area contributed by atoms with Gasteiger partial charge in [0.2, 0.25) is 0 Å². The Morgan fingerprint density at radius 2 is 2.03 bits per heavy atom. The van der Waals surface area contributed by atoms with Gasteiger partial charge < -0.3 is 9.84 Å². The van der Waals surface area contributed by atoms with Gasteiger partial charge >= 0.3 is 12.1 Å². The highest BCUT2D eigenvalue weighted by Crippen LogP contribution is 2.39. The minimum absolute atomic E-state index is 0.0398. The summed E-state index contributed by atoms with van der Waals surface area (Å²) >= 11 is 0.917. The van der Waals surface area contributed by atoms with Gasteiger partial charge in [0, 0.05) is 11.6 Å². The smallest absolute Gasteiger partial charge is 0.416 e. The van der Waals surface area contributed by atoms with Crippen LogP contribution in [0.2, 0.25) is 0 Å². The quantitative estimate of drug-likeness (QED) is 0.372. The van der Waals surface area contributed by atoms with Crippen LogP contribution in [0.25, 0.3) is 16.0 Å². The van der Waals surface area contributed by atoms with E-state index in [4.69, 9.17) is 10.00 Å². The van der Waals surface area contributed by atoms with Crippen molar-refractivity contribution in [2.75, 3.05) is 0 Å². The lowest BCUT2D eigenvalue weighted by atomic mass is 10.0. The van der Waals surface area contributed by atoms with Crippen molar-refractivity contribution in [2.45, 2.75) is 25.6 Å². The molecule has 4 rings (SSSR count). The normalized spacial score (nSPS) is 12.5. The van der Waals surface area contributed by atoms with E-state index < -0.39 is 23.8 Å². The molecule has 1 N–H and O–H groups in total. The number of carboxylic acids is 1. The van der Waals surface area contributed by atoms with Crippen LogP contribution >= 0.6 is 11.3 Å². The summed E-state index contributed by atoms with van der Waals surface area (Å²) in [6.45, 7) is 1.44. The van der Waals surface area contributed by atoms with E-state index in [2.05, 4.69) is 11.1 Å². The number of halogens is 3. The molecule has 4 aromatic rings. The second kappa shape index (κ2) is 8.60. The van der Waals surface area contributed by atoms with E-state index in [1.165, 1.54) is 37.5 Å². The third-order valence-corrected chi connectivity index (χ3v) is 6.12. The zero-order valence-corrected chi connectivity index (χ0v) is 17.9. The van der Waals surface area contributed by atoms with Crippen LogP contribution in [0.5, 0.6) is 5.75 Å². The minimum Gasteiger partial charge on any atom is -0.484 e. The number of aromatic nitrogens is 2. The van der Waals surface area contributed by atoms with Crippen LogP contribution < -0.4 is 4.74 Å². The summed E-state index contributed by atoms with van der Waals surface area (Å²) in [5.74, 6) is -1.30. The number of fused-ring (bicyclic) bond motifs is 1. The van der Waals surface area contributed by atoms with Crippen LogP contribution in [0.3, 0.4) is 0 Å². The first-order valence-corrected chi connectivity index (χ1v) is 10.5. The predicted molar refractivity (Wildman–Crippen MR) is 116 cm³/mol. The van der Waals surface area contributed by atoms with Crippen LogP contribution in [0, 0.1) is 11.3 Å². The zero-order valence-electron chi connectivity index (χ0n) is 17.1. The molecule has 168 valence electrons. The first-order valence-electron chi connectivity index (χ1n) is 9.72. The average molecular weight is 471 g/mol. The molecule has 0 bridgehead atoms. The number of alkyl halides is 3. The Morgan fingerprint density at radius 1 is 1.27 bits per heavy atom. The van der Waals surface area contributed by atoms with E-state index in [1.807, 2.05) is 0 Å². The SMILES string of the molecule is C[C@@H](Oc1cc(-n2cnc3ccc(CC#N)cc32)sc1C(=O)O)c1ccccc1C(F)(F)F. The minimum atomic E-state index is -4.57. The van der Waals surface area contributed by atoms with Gasteiger partial charge in [0.05, 0.1) is 29.1 Å². The van der Waals surface area contributed by atoms with Gasteiger partial charge in [-0.2, -0.15) is 18.4 Å². The molecule has 0 radical (unpaired) electrons. The molecule has 2 aromatic heterocycles. The molecule has 33 heavy (non-hydrogen) atoms. The number of rotatable bonds is 6. The molecule has 0 aliphatic heterocycles. The van der Waals surface area contributed by atoms with Crippen molar-refractivity contribution in [3.8, 4) is 16.8 Å². The van der Waals surface area contributed by atoms with Gasteiger partial charge in [-0.1, -0.05) is 24.3 Å². The predicted octanol–water partition coefficient (Wildman–Crippen LogP) is 6.01. The molecule has 10 heteroatoms. The summed E-state index contributed by atoms with van der Waals surface area (Å²) < 4.78 is 47.6. The molecule has 0 spiro atoms. The molecule has 0 saturated heterocycles. The summed E-state index contributed by atoms with van der Waals surface area (Å²) in [7, 11) is 0. The summed E-state index contributed by atoms with van der Waals surface area (Å²) in [4.78, 5) is 16.0. The molecular weight excluding hydrogens is 455 g/mol. The maximum absolute atomic E-state index is 13.4. The fourth-order valence-corrected chi connectivity index (χ4v) is 4.42. The van der Waals surface area contributed by atoms with Gasteiger partial charge in [-0.25, -0.2) is 9.78 Å². The number of benzene rings is 2. The number of hydrogen-bond donors (Lipinski definition) is 1. The Bertz CT molecular complexity index is 1390. The van der Waals surface area contributed by atoms with Crippen LogP contribution in [0.4, 0.5) is 13.2 Å². The summed E-state index contributed by atoms with van der Waals surface area (Å²) in [5, 5.41) is 19.1. The lowest BCUT2D eigenvalue weighted by Crippen LogP contribution is -2.14. The van der Waals surface area contributed by atoms with E-state index >= 15 is 0 Å². The van der Waals surface area contributed by atoms with E-state index in [-0.39, 0.29) is 22.6 Å². The van der Waals surface area contributed by atoms with E-state index in [0.29, 0.717) is 16.0 Å². The number of carbonyl (C=O) groups is 1. The van der Waals surface area contributed by atoms with Gasteiger partial charge in [0.25, 0.3) is 0 Å². The number of nitriles is 1. The van der Waals surface area contributed by atoms with E-state index in [0.717, 1.165) is 23.0 Å². The molecule has 0 aliphatic carbocycles. The number of thiophene rings is 1. The van der Waals surface area contributed by atoms with Crippen molar-refractivity contribution >= 4 is 28.3 Å². The summed E-state index contributed by atoms with van der Waals surface area (Å²) in [6.07, 6.45) is -3.90. The van der Waals surface area contributed by atoms with Gasteiger partial charge in [-0.3, -0.25) is 4.57 Å². The van der Waals surface area contributed by atoms with Gasteiger partial charge in [-0.15, -0.1) is 11.3 Å². The molecule has 0 saturated carbocycles. The van der Waals surface area contributed by atoms with Gasteiger partial charge in [0.1, 0.15) is 23.2 Å². The van der Waals surface area contributed by atoms with Crippen molar-refractivity contribution in [2.24, 2.45) is 0 Å². The number of imidazole rings is 1. The van der Waals surface area contributed by atoms with Crippen molar-refractivity contribution in [3.63, 3.8) is 0 Å². The van der Waals surface area contributed by atoms with Crippen molar-refractivity contribution in [1.82, 2.24) is 9.55 Å². The highest BCUT2D eigenvalue weighted by atomic mass is 32.1. The third-order valence-electron chi connectivity index (χ3n) is 5.02. The van der Waals surface area contributed by atoms with Gasteiger partial charge in [-0.05, 0) is 30.7 Å². The molecule has 0 amide bonds. The lowest BCUT2D eigenvalue weighted by molar-refractivity contribution is -0.139. The molecule has 0 fully saturated rings. The van der Waals surface area contributed by atoms with Crippen molar-refractivity contribution in [1.29, 1.82) is 5.26 Å². The average Bonchev–Trinajstić information content (AvgIpc) is 3.37. The summed E-state index contributed by atoms with van der Waals surface area (Å²) in [5.41, 5.74) is 1.16. The van der Waals surface area contributed by atoms with Crippen LogP contribution in [0.15, 0.2) is 54.9 Å². The van der Waals surface area contributed by atoms with Crippen LogP contribution in [-0.4, -0.2) is 20.6 Å². The number of ether oxygens (including phenoxy) is 1. The van der Waals surface area contributed by atoms with Crippen molar-refractivity contribution < 1.29 is 27.8 Å². The van der Waals surface area contributed by atoms with Crippen molar-refractivity contribution in [3.05, 3.63) is 76.4 Å². The van der Waals surface area contributed by atoms with Crippen LogP contribution in [-0.2, 0) is 12.6 Å². The second-order valence-electron chi connectivity index (χ2n) is 7.20. The maximum atomic E-state index is 13.4. The molecule has 2 heterocycles. The fourth-order valence-electron chi connectivity index (χ4n) is 3.51. The monoisotopic (exact) mass is 471 g/mol.